The minimum atomic E-state index is -0.859. The van der Waals surface area contributed by atoms with Crippen LogP contribution in [0.3, 0.4) is 0 Å². The summed E-state index contributed by atoms with van der Waals surface area (Å²) in [6, 6.07) is 12.6. The number of aliphatic hydroxyl groups excluding tert-OH is 2. The average Bonchev–Trinajstić information content (AvgIpc) is 2.54. The Morgan fingerprint density at radius 1 is 0.864 bits per heavy atom. The van der Waals surface area contributed by atoms with E-state index < -0.39 is 12.2 Å². The van der Waals surface area contributed by atoms with Gasteiger partial charge in [0.2, 0.25) is 0 Å². The molecule has 0 amide bonds. The minimum absolute atomic E-state index is 0.835. The van der Waals surface area contributed by atoms with Gasteiger partial charge >= 0.3 is 0 Å². The van der Waals surface area contributed by atoms with E-state index in [-0.39, 0.29) is 0 Å². The summed E-state index contributed by atoms with van der Waals surface area (Å²) in [6.45, 7) is 4.13. The number of aryl methyl sites for hydroxylation is 2. The number of aliphatic hydroxyl groups is 2. The van der Waals surface area contributed by atoms with Crippen molar-refractivity contribution in [2.75, 3.05) is 0 Å². The Bertz CT molecular complexity index is 937. The van der Waals surface area contributed by atoms with Gasteiger partial charge in [-0.25, -0.2) is 0 Å². The van der Waals surface area contributed by atoms with Gasteiger partial charge in [0.1, 0.15) is 12.2 Å². The molecule has 2 nitrogen and oxygen atoms in total. The molecule has 0 fully saturated rings. The normalized spacial score (nSPS) is 20.5. The van der Waals surface area contributed by atoms with Crippen LogP contribution in [0, 0.1) is 13.8 Å². The Balaban J connectivity index is 2.24. The Morgan fingerprint density at radius 3 is 2.45 bits per heavy atom. The monoisotopic (exact) mass is 290 g/mol. The second kappa shape index (κ2) is 4.67. The zero-order chi connectivity index (χ0) is 15.4. The van der Waals surface area contributed by atoms with Crippen molar-refractivity contribution in [1.29, 1.82) is 0 Å². The second-order valence-corrected chi connectivity index (χ2v) is 6.08. The summed E-state index contributed by atoms with van der Waals surface area (Å²) >= 11 is 0. The molecule has 0 radical (unpaired) electrons. The number of hydrogen-bond acceptors (Lipinski definition) is 2. The molecule has 0 aromatic heterocycles. The first kappa shape index (κ1) is 13.5. The lowest BCUT2D eigenvalue weighted by atomic mass is 9.82. The van der Waals surface area contributed by atoms with Crippen molar-refractivity contribution in [2.24, 2.45) is 0 Å². The van der Waals surface area contributed by atoms with Gasteiger partial charge in [-0.15, -0.1) is 0 Å². The molecule has 0 saturated heterocycles. The van der Waals surface area contributed by atoms with E-state index in [0.717, 1.165) is 22.3 Å². The highest BCUT2D eigenvalue weighted by atomic mass is 16.3. The first-order valence-corrected chi connectivity index (χ1v) is 7.58. The fourth-order valence-electron chi connectivity index (χ4n) is 3.74. The average molecular weight is 290 g/mol. The Labute approximate surface area is 129 Å². The molecule has 0 saturated carbocycles. The SMILES string of the molecule is Cc1c2c(c(C)c3c1ccc1ccccc13)C(O)C(O)C=C2. The maximum atomic E-state index is 10.5. The zero-order valence-electron chi connectivity index (χ0n) is 12.7. The summed E-state index contributed by atoms with van der Waals surface area (Å²) in [5.74, 6) is 0. The maximum absolute atomic E-state index is 10.5. The van der Waals surface area contributed by atoms with Crippen molar-refractivity contribution >= 4 is 27.6 Å². The fourth-order valence-corrected chi connectivity index (χ4v) is 3.74. The highest BCUT2D eigenvalue weighted by molar-refractivity contribution is 6.11. The van der Waals surface area contributed by atoms with Crippen LogP contribution in [-0.2, 0) is 0 Å². The molecule has 0 aliphatic heterocycles. The standard InChI is InChI=1S/C20H18O2/c1-11-14-8-7-13-5-3-4-6-16(13)18(14)12(2)19-15(11)9-10-17(21)20(19)22/h3-10,17,20-22H,1-2H3. The van der Waals surface area contributed by atoms with Crippen LogP contribution in [0.15, 0.2) is 42.5 Å². The molecule has 1 aliphatic carbocycles. The predicted octanol–water partition coefficient (Wildman–Crippen LogP) is 4.03. The van der Waals surface area contributed by atoms with Crippen molar-refractivity contribution in [1.82, 2.24) is 0 Å². The molecule has 22 heavy (non-hydrogen) atoms. The molecular formula is C20H18O2. The lowest BCUT2D eigenvalue weighted by molar-refractivity contribution is 0.0466. The zero-order valence-corrected chi connectivity index (χ0v) is 12.7. The Hall–Kier alpha value is -2.16. The van der Waals surface area contributed by atoms with Crippen molar-refractivity contribution in [3.8, 4) is 0 Å². The van der Waals surface area contributed by atoms with Crippen LogP contribution < -0.4 is 0 Å². The summed E-state index contributed by atoms with van der Waals surface area (Å²) in [4.78, 5) is 0. The molecule has 2 unspecified atom stereocenters. The van der Waals surface area contributed by atoms with Crippen LogP contribution in [-0.4, -0.2) is 16.3 Å². The van der Waals surface area contributed by atoms with Gasteiger partial charge in [0, 0.05) is 0 Å². The molecule has 2 N–H and O–H groups in total. The van der Waals surface area contributed by atoms with E-state index in [1.165, 1.54) is 21.5 Å². The molecule has 4 rings (SSSR count). The predicted molar refractivity (Wildman–Crippen MR) is 90.9 cm³/mol. The first-order chi connectivity index (χ1) is 10.6. The van der Waals surface area contributed by atoms with E-state index >= 15 is 0 Å². The highest BCUT2D eigenvalue weighted by Gasteiger charge is 2.27. The highest BCUT2D eigenvalue weighted by Crippen LogP contribution is 2.40. The van der Waals surface area contributed by atoms with Crippen LogP contribution in [0.1, 0.15) is 28.4 Å². The summed E-state index contributed by atoms with van der Waals surface area (Å²) in [5, 5.41) is 25.2. The van der Waals surface area contributed by atoms with E-state index in [1.54, 1.807) is 6.08 Å². The van der Waals surface area contributed by atoms with E-state index in [9.17, 15) is 10.2 Å². The number of fused-ring (bicyclic) bond motifs is 4. The van der Waals surface area contributed by atoms with Crippen LogP contribution >= 0.6 is 0 Å². The van der Waals surface area contributed by atoms with Crippen molar-refractivity contribution in [2.45, 2.75) is 26.1 Å². The second-order valence-electron chi connectivity index (χ2n) is 6.08. The van der Waals surface area contributed by atoms with Gasteiger partial charge in [0.15, 0.2) is 0 Å². The Kier molecular flexibility index (Phi) is 2.86. The maximum Gasteiger partial charge on any atom is 0.109 e. The van der Waals surface area contributed by atoms with E-state index in [4.69, 9.17) is 0 Å². The van der Waals surface area contributed by atoms with Crippen LogP contribution in [0.5, 0.6) is 0 Å². The quantitative estimate of drug-likeness (QED) is 0.614. The van der Waals surface area contributed by atoms with Gasteiger partial charge in [-0.3, -0.25) is 0 Å². The lowest BCUT2D eigenvalue weighted by Crippen LogP contribution is -2.21. The van der Waals surface area contributed by atoms with E-state index in [1.807, 2.05) is 25.1 Å². The lowest BCUT2D eigenvalue weighted by Gasteiger charge is -2.27. The molecule has 3 aromatic rings. The van der Waals surface area contributed by atoms with Gasteiger partial charge in [-0.1, -0.05) is 48.6 Å². The number of rotatable bonds is 0. The minimum Gasteiger partial charge on any atom is -0.386 e. The van der Waals surface area contributed by atoms with Crippen LogP contribution in [0.2, 0.25) is 0 Å². The molecule has 110 valence electrons. The summed E-state index contributed by atoms with van der Waals surface area (Å²) in [6.07, 6.45) is 1.91. The van der Waals surface area contributed by atoms with E-state index in [2.05, 4.69) is 31.2 Å². The van der Waals surface area contributed by atoms with Gasteiger partial charge in [-0.2, -0.15) is 0 Å². The first-order valence-electron chi connectivity index (χ1n) is 7.58. The topological polar surface area (TPSA) is 40.5 Å². The summed E-state index contributed by atoms with van der Waals surface area (Å²) < 4.78 is 0. The third-order valence-corrected chi connectivity index (χ3v) is 4.89. The third kappa shape index (κ3) is 1.68. The van der Waals surface area contributed by atoms with Gasteiger partial charge in [-0.05, 0) is 57.6 Å². The van der Waals surface area contributed by atoms with Gasteiger partial charge in [0.25, 0.3) is 0 Å². The van der Waals surface area contributed by atoms with Crippen molar-refractivity contribution in [3.05, 3.63) is 64.7 Å². The van der Waals surface area contributed by atoms with E-state index in [0.29, 0.717) is 0 Å². The Morgan fingerprint density at radius 2 is 1.64 bits per heavy atom. The van der Waals surface area contributed by atoms with Crippen molar-refractivity contribution < 1.29 is 10.2 Å². The summed E-state index contributed by atoms with van der Waals surface area (Å²) in [5.41, 5.74) is 4.11. The summed E-state index contributed by atoms with van der Waals surface area (Å²) in [7, 11) is 0. The van der Waals surface area contributed by atoms with Crippen LogP contribution in [0.4, 0.5) is 0 Å². The fraction of sp³-hybridized carbons (Fsp3) is 0.200. The molecule has 2 atom stereocenters. The number of benzene rings is 3. The van der Waals surface area contributed by atoms with Crippen LogP contribution in [0.25, 0.3) is 27.6 Å². The molecule has 1 aliphatic rings. The van der Waals surface area contributed by atoms with Gasteiger partial charge < -0.3 is 10.2 Å². The molecule has 0 heterocycles. The molecular weight excluding hydrogens is 272 g/mol. The molecule has 3 aromatic carbocycles. The molecule has 0 spiro atoms. The number of hydrogen-bond donors (Lipinski definition) is 2. The van der Waals surface area contributed by atoms with Crippen molar-refractivity contribution in [3.63, 3.8) is 0 Å². The smallest absolute Gasteiger partial charge is 0.109 e. The largest absolute Gasteiger partial charge is 0.386 e. The third-order valence-electron chi connectivity index (χ3n) is 4.89. The molecule has 0 bridgehead atoms. The molecule has 2 heteroatoms. The van der Waals surface area contributed by atoms with Gasteiger partial charge in [0.05, 0.1) is 0 Å².